The fourth-order valence-electron chi connectivity index (χ4n) is 3.66. The molecular weight excluding hydrogens is 518 g/mol. The van der Waals surface area contributed by atoms with Crippen molar-refractivity contribution in [3.63, 3.8) is 0 Å². The molecule has 10 heteroatoms. The van der Waals surface area contributed by atoms with E-state index in [1.807, 2.05) is 27.7 Å². The molecule has 3 N–H and O–H groups in total. The molecule has 0 aliphatic rings. The van der Waals surface area contributed by atoms with Crippen LogP contribution in [0.25, 0.3) is 0 Å². The summed E-state index contributed by atoms with van der Waals surface area (Å²) in [6.07, 6.45) is -1.69. The molecule has 0 radical (unpaired) electrons. The molecule has 0 aliphatic heterocycles. The van der Waals surface area contributed by atoms with Crippen LogP contribution in [0.3, 0.4) is 0 Å². The number of carbonyl (C=O) groups excluding carboxylic acids is 3. The third kappa shape index (κ3) is 10.1. The van der Waals surface area contributed by atoms with E-state index in [1.54, 1.807) is 54.5 Å². The highest BCUT2D eigenvalue weighted by atomic mass is 16.7. The highest BCUT2D eigenvalue weighted by molar-refractivity contribution is 5.79. The second-order valence-electron chi connectivity index (χ2n) is 12.2. The number of carboxylic acid groups (broad SMARTS) is 1. The van der Waals surface area contributed by atoms with Crippen LogP contribution in [0.15, 0.2) is 18.2 Å². The molecule has 0 bridgehead atoms. The molecule has 226 valence electrons. The van der Waals surface area contributed by atoms with E-state index in [0.29, 0.717) is 5.56 Å². The number of hydrogen-bond acceptors (Lipinski definition) is 9. The molecule has 0 saturated carbocycles. The van der Waals surface area contributed by atoms with Crippen LogP contribution >= 0.6 is 0 Å². The zero-order chi connectivity index (χ0) is 31.1. The van der Waals surface area contributed by atoms with Crippen molar-refractivity contribution in [1.82, 2.24) is 0 Å². The fourth-order valence-corrected chi connectivity index (χ4v) is 3.66. The lowest BCUT2D eigenvalue weighted by Gasteiger charge is -2.32. The Labute approximate surface area is 237 Å². The number of carbonyl (C=O) groups is 4. The van der Waals surface area contributed by atoms with Crippen molar-refractivity contribution in [3.05, 3.63) is 23.8 Å². The molecule has 0 saturated heterocycles. The first-order valence-corrected chi connectivity index (χ1v) is 13.7. The minimum absolute atomic E-state index is 0.0123. The van der Waals surface area contributed by atoms with E-state index < -0.39 is 65.5 Å². The second kappa shape index (κ2) is 14.5. The van der Waals surface area contributed by atoms with Crippen molar-refractivity contribution >= 4 is 24.1 Å². The summed E-state index contributed by atoms with van der Waals surface area (Å²) >= 11 is 0. The van der Waals surface area contributed by atoms with Gasteiger partial charge in [0.2, 0.25) is 0 Å². The number of rotatable bonds is 12. The molecule has 0 amide bonds. The zero-order valence-corrected chi connectivity index (χ0v) is 25.6. The van der Waals surface area contributed by atoms with Gasteiger partial charge in [-0.1, -0.05) is 54.5 Å². The summed E-state index contributed by atoms with van der Waals surface area (Å²) < 4.78 is 22.0. The van der Waals surface area contributed by atoms with Crippen molar-refractivity contribution in [1.29, 1.82) is 0 Å². The number of esters is 2. The molecule has 0 aromatic heterocycles. The van der Waals surface area contributed by atoms with Crippen LogP contribution in [-0.2, 0) is 23.9 Å². The van der Waals surface area contributed by atoms with Gasteiger partial charge in [-0.2, -0.15) is 0 Å². The molecule has 1 rings (SSSR count). The van der Waals surface area contributed by atoms with Crippen LogP contribution in [0.2, 0.25) is 0 Å². The summed E-state index contributed by atoms with van der Waals surface area (Å²) in [6, 6.07) is 3.08. The SMILES string of the molecule is CC(C)C(C)C(=O)Oc1ccc(C(C(C)C(C)OC(=O)OC(C)(C)C)[C@H](N)C(=O)O)cc1OC(=O)C(C)C(C)C. The Kier molecular flexibility index (Phi) is 12.6. The van der Waals surface area contributed by atoms with E-state index >= 15 is 0 Å². The highest BCUT2D eigenvalue weighted by Gasteiger charge is 2.36. The summed E-state index contributed by atoms with van der Waals surface area (Å²) in [5.74, 6) is -4.66. The average molecular weight is 566 g/mol. The van der Waals surface area contributed by atoms with E-state index in [1.165, 1.54) is 12.1 Å². The normalized spacial score (nSPS) is 16.4. The lowest BCUT2D eigenvalue weighted by molar-refractivity contribution is -0.142. The van der Waals surface area contributed by atoms with Crippen LogP contribution in [0.5, 0.6) is 11.5 Å². The molecule has 10 nitrogen and oxygen atoms in total. The molecule has 5 unspecified atom stereocenters. The minimum atomic E-state index is -1.40. The van der Waals surface area contributed by atoms with Crippen molar-refractivity contribution in [2.45, 2.75) is 99.8 Å². The van der Waals surface area contributed by atoms with Gasteiger partial charge in [-0.05, 0) is 57.2 Å². The van der Waals surface area contributed by atoms with Gasteiger partial charge in [-0.15, -0.1) is 0 Å². The Morgan fingerprint density at radius 1 is 0.800 bits per heavy atom. The first-order valence-electron chi connectivity index (χ1n) is 13.7. The van der Waals surface area contributed by atoms with E-state index in [-0.39, 0.29) is 23.3 Å². The van der Waals surface area contributed by atoms with Crippen LogP contribution in [0.1, 0.15) is 87.6 Å². The molecule has 40 heavy (non-hydrogen) atoms. The third-order valence-electron chi connectivity index (χ3n) is 7.17. The Hall–Kier alpha value is -3.14. The van der Waals surface area contributed by atoms with Gasteiger partial charge in [0, 0.05) is 11.8 Å². The quantitative estimate of drug-likeness (QED) is 0.244. The average Bonchev–Trinajstić information content (AvgIpc) is 2.82. The van der Waals surface area contributed by atoms with E-state index in [4.69, 9.17) is 24.7 Å². The summed E-state index contributed by atoms with van der Waals surface area (Å²) in [5, 5.41) is 9.80. The highest BCUT2D eigenvalue weighted by Crippen LogP contribution is 2.38. The Bertz CT molecular complexity index is 1040. The lowest BCUT2D eigenvalue weighted by atomic mass is 9.79. The van der Waals surface area contributed by atoms with Gasteiger partial charge < -0.3 is 29.8 Å². The second-order valence-corrected chi connectivity index (χ2v) is 12.2. The van der Waals surface area contributed by atoms with Gasteiger partial charge >= 0.3 is 24.1 Å². The van der Waals surface area contributed by atoms with Crippen molar-refractivity contribution in [3.8, 4) is 11.5 Å². The number of benzene rings is 1. The number of ether oxygens (including phenoxy) is 4. The molecule has 0 heterocycles. The Morgan fingerprint density at radius 3 is 1.70 bits per heavy atom. The number of aliphatic carboxylic acids is 1. The van der Waals surface area contributed by atoms with Gasteiger partial charge in [0.1, 0.15) is 17.7 Å². The number of hydrogen-bond donors (Lipinski definition) is 2. The van der Waals surface area contributed by atoms with Crippen LogP contribution in [-0.4, -0.2) is 46.9 Å². The van der Waals surface area contributed by atoms with Crippen LogP contribution in [0.4, 0.5) is 4.79 Å². The van der Waals surface area contributed by atoms with E-state index in [9.17, 15) is 24.3 Å². The maximum Gasteiger partial charge on any atom is 0.509 e. The number of carboxylic acids is 1. The smallest absolute Gasteiger partial charge is 0.480 e. The van der Waals surface area contributed by atoms with E-state index in [2.05, 4.69) is 0 Å². The number of nitrogens with two attached hydrogens (primary N) is 1. The standard InChI is InChI=1S/C30H47NO9/c1-15(2)17(5)27(34)38-22-13-12-21(14-23(22)39-28(35)18(6)16(3)4)24(25(31)26(32)33)19(7)20(8)37-29(36)40-30(9,10)11/h12-20,24-25H,31H2,1-11H3,(H,32,33)/t17?,18?,19?,20?,24?,25-/m0/s1. The van der Waals surface area contributed by atoms with Crippen LogP contribution < -0.4 is 15.2 Å². The van der Waals surface area contributed by atoms with Crippen LogP contribution in [0, 0.1) is 29.6 Å². The molecule has 0 aliphatic carbocycles. The van der Waals surface area contributed by atoms with Crippen molar-refractivity contribution < 1.29 is 43.2 Å². The molecule has 0 fully saturated rings. The summed E-state index contributed by atoms with van der Waals surface area (Å²) in [5.41, 5.74) is 5.76. The molecule has 0 spiro atoms. The summed E-state index contributed by atoms with van der Waals surface area (Å²) in [4.78, 5) is 49.9. The predicted molar refractivity (Wildman–Crippen MR) is 150 cm³/mol. The molecule has 1 aromatic rings. The maximum atomic E-state index is 12.9. The fraction of sp³-hybridized carbons (Fsp3) is 0.667. The zero-order valence-electron chi connectivity index (χ0n) is 25.6. The Morgan fingerprint density at radius 2 is 1.27 bits per heavy atom. The Balaban J connectivity index is 3.54. The van der Waals surface area contributed by atoms with Gasteiger partial charge in [0.15, 0.2) is 11.5 Å². The van der Waals surface area contributed by atoms with Gasteiger partial charge in [-0.25, -0.2) is 4.79 Å². The first-order chi connectivity index (χ1) is 18.3. The van der Waals surface area contributed by atoms with Crippen molar-refractivity contribution in [2.75, 3.05) is 0 Å². The topological polar surface area (TPSA) is 151 Å². The van der Waals surface area contributed by atoms with Gasteiger partial charge in [0.05, 0.1) is 11.8 Å². The summed E-state index contributed by atoms with van der Waals surface area (Å²) in [7, 11) is 0. The lowest BCUT2D eigenvalue weighted by Crippen LogP contribution is -2.43. The molecule has 1 aromatic carbocycles. The molecular formula is C30H47NO9. The minimum Gasteiger partial charge on any atom is -0.480 e. The predicted octanol–water partition coefficient (Wildman–Crippen LogP) is 5.55. The third-order valence-corrected chi connectivity index (χ3v) is 7.17. The van der Waals surface area contributed by atoms with Gasteiger partial charge in [0.25, 0.3) is 0 Å². The summed E-state index contributed by atoms with van der Waals surface area (Å²) in [6.45, 7) is 19.4. The monoisotopic (exact) mass is 565 g/mol. The largest absolute Gasteiger partial charge is 0.509 e. The first kappa shape index (κ1) is 34.9. The van der Waals surface area contributed by atoms with Gasteiger partial charge in [-0.3, -0.25) is 14.4 Å². The maximum absolute atomic E-state index is 12.9. The molecule has 6 atom stereocenters. The van der Waals surface area contributed by atoms with Crippen molar-refractivity contribution in [2.24, 2.45) is 35.3 Å². The van der Waals surface area contributed by atoms with E-state index in [0.717, 1.165) is 0 Å².